The van der Waals surface area contributed by atoms with Gasteiger partial charge in [0.05, 0.1) is 31.5 Å². The molecule has 16 unspecified atom stereocenters. The van der Waals surface area contributed by atoms with E-state index in [2.05, 4.69) is 40.7 Å². The molecule has 0 aromatic heterocycles. The summed E-state index contributed by atoms with van der Waals surface area (Å²) in [6.07, 6.45) is 2.61. The first-order chi connectivity index (χ1) is 21.0. The zero-order chi connectivity index (χ0) is 32.9. The molecule has 258 valence electrons. The van der Waals surface area contributed by atoms with Gasteiger partial charge in [0, 0.05) is 0 Å². The number of aliphatic hydroxyl groups is 7. The van der Waals surface area contributed by atoms with E-state index >= 15 is 0 Å². The minimum Gasteiger partial charge on any atom is -0.394 e. The number of rotatable bonds is 8. The van der Waals surface area contributed by atoms with E-state index < -0.39 is 48.8 Å². The lowest BCUT2D eigenvalue weighted by atomic mass is 9.41. The van der Waals surface area contributed by atoms with Crippen LogP contribution in [0.4, 0.5) is 0 Å². The second-order valence-corrected chi connectivity index (χ2v) is 17.4. The zero-order valence-corrected chi connectivity index (χ0v) is 28.2. The minimum atomic E-state index is -1.49. The number of hydrogen-bond acceptors (Lipinski definition) is 9. The monoisotopic (exact) mass is 636 g/mol. The molecule has 9 nitrogen and oxygen atoms in total. The third kappa shape index (κ3) is 4.73. The molecule has 9 heteroatoms. The molecular weight excluding hydrogens is 576 g/mol. The van der Waals surface area contributed by atoms with E-state index in [1.54, 1.807) is 0 Å². The molecule has 1 heterocycles. The van der Waals surface area contributed by atoms with E-state index in [1.165, 1.54) is 0 Å². The van der Waals surface area contributed by atoms with Crippen LogP contribution in [0.1, 0.15) is 99.3 Å². The molecular formula is C36H60O9. The third-order valence-corrected chi connectivity index (χ3v) is 15.2. The van der Waals surface area contributed by atoms with Gasteiger partial charge in [0.2, 0.25) is 0 Å². The highest BCUT2D eigenvalue weighted by molar-refractivity contribution is 5.32. The molecule has 5 saturated carbocycles. The molecule has 2 spiro atoms. The van der Waals surface area contributed by atoms with Crippen LogP contribution in [-0.4, -0.2) is 98.0 Å². The van der Waals surface area contributed by atoms with Gasteiger partial charge in [-0.3, -0.25) is 0 Å². The van der Waals surface area contributed by atoms with Gasteiger partial charge >= 0.3 is 0 Å². The lowest BCUT2D eigenvalue weighted by molar-refractivity contribution is -0.329. The summed E-state index contributed by atoms with van der Waals surface area (Å²) in [5, 5.41) is 74.2. The van der Waals surface area contributed by atoms with Crippen LogP contribution >= 0.6 is 0 Å². The quantitative estimate of drug-likeness (QED) is 0.157. The van der Waals surface area contributed by atoms with Crippen molar-refractivity contribution in [3.05, 3.63) is 11.6 Å². The lowest BCUT2D eigenvalue weighted by Gasteiger charge is -2.64. The van der Waals surface area contributed by atoms with E-state index in [9.17, 15) is 35.7 Å². The van der Waals surface area contributed by atoms with Gasteiger partial charge in [-0.05, 0) is 115 Å². The number of aliphatic hydroxyl groups excluding tert-OH is 7. The average Bonchev–Trinajstić information content (AvgIpc) is 3.57. The van der Waals surface area contributed by atoms with Gasteiger partial charge in [0.25, 0.3) is 0 Å². The van der Waals surface area contributed by atoms with Crippen molar-refractivity contribution in [2.45, 2.75) is 148 Å². The number of hydrogen-bond donors (Lipinski definition) is 7. The van der Waals surface area contributed by atoms with Crippen LogP contribution in [0, 0.1) is 50.7 Å². The van der Waals surface area contributed by atoms with Crippen molar-refractivity contribution in [3.63, 3.8) is 0 Å². The topological polar surface area (TPSA) is 160 Å². The van der Waals surface area contributed by atoms with E-state index in [4.69, 9.17) is 9.47 Å². The summed E-state index contributed by atoms with van der Waals surface area (Å²) in [5.74, 6) is 0.885. The van der Waals surface area contributed by atoms with Gasteiger partial charge in [0.15, 0.2) is 6.29 Å². The van der Waals surface area contributed by atoms with Crippen molar-refractivity contribution in [1.29, 1.82) is 0 Å². The minimum absolute atomic E-state index is 0.000313. The van der Waals surface area contributed by atoms with E-state index in [-0.39, 0.29) is 52.3 Å². The summed E-state index contributed by atoms with van der Waals surface area (Å²) < 4.78 is 12.1. The van der Waals surface area contributed by atoms with Crippen LogP contribution < -0.4 is 0 Å². The van der Waals surface area contributed by atoms with Gasteiger partial charge in [0.1, 0.15) is 24.4 Å². The van der Waals surface area contributed by atoms with E-state index in [1.807, 2.05) is 6.92 Å². The Kier molecular flexibility index (Phi) is 8.74. The van der Waals surface area contributed by atoms with Crippen LogP contribution in [-0.2, 0) is 9.47 Å². The van der Waals surface area contributed by atoms with Gasteiger partial charge in [-0.15, -0.1) is 0 Å². The number of fused-ring (bicyclic) bond motifs is 2. The molecule has 45 heavy (non-hydrogen) atoms. The third-order valence-electron chi connectivity index (χ3n) is 15.2. The largest absolute Gasteiger partial charge is 0.394 e. The molecule has 5 aliphatic carbocycles. The molecule has 0 radical (unpaired) electrons. The Labute approximate surface area is 269 Å². The Hall–Kier alpha value is -0.620. The van der Waals surface area contributed by atoms with Crippen LogP contribution in [0.25, 0.3) is 0 Å². The molecule has 0 bridgehead atoms. The molecule has 6 aliphatic rings. The standard InChI is InChI=1S/C36H60O9/c1-19(16-37)8-7-9-20(2)26-22(40)15-34(6)24-14-21(39)30-32(3,4)25(45-31-29(43)28(42)27(41)23(17-38)44-31)10-11-36(30)18-35(24,36)13-12-33(26,34)5/h8,20-31,37-43H,7,9-18H2,1-6H3. The summed E-state index contributed by atoms with van der Waals surface area (Å²) in [4.78, 5) is 0. The zero-order valence-electron chi connectivity index (χ0n) is 28.2. The Morgan fingerprint density at radius 3 is 2.29 bits per heavy atom. The molecule has 0 aromatic rings. The lowest BCUT2D eigenvalue weighted by Crippen LogP contribution is -2.63. The molecule has 1 saturated heterocycles. The summed E-state index contributed by atoms with van der Waals surface area (Å²) in [6.45, 7) is 13.0. The van der Waals surface area contributed by atoms with E-state index in [0.717, 1.165) is 56.9 Å². The SMILES string of the molecule is CC(=CCCC(C)C1C(O)CC2(C)C3CC(O)C4C(C)(C)C(OC5OC(CO)C(O)C(O)C5O)CCC45CC35CCC12C)CO. The molecule has 1 aliphatic heterocycles. The maximum Gasteiger partial charge on any atom is 0.186 e. The van der Waals surface area contributed by atoms with E-state index in [0.29, 0.717) is 18.3 Å². The van der Waals surface area contributed by atoms with Crippen molar-refractivity contribution in [3.8, 4) is 0 Å². The Morgan fingerprint density at radius 1 is 0.911 bits per heavy atom. The predicted molar refractivity (Wildman–Crippen MR) is 168 cm³/mol. The van der Waals surface area contributed by atoms with Crippen molar-refractivity contribution in [2.75, 3.05) is 13.2 Å². The first-order valence-corrected chi connectivity index (χ1v) is 17.6. The van der Waals surface area contributed by atoms with Crippen LogP contribution in [0.2, 0.25) is 0 Å². The van der Waals surface area contributed by atoms with Crippen LogP contribution in [0.15, 0.2) is 11.6 Å². The molecule has 0 amide bonds. The normalized spacial score (nSPS) is 54.4. The average molecular weight is 637 g/mol. The Bertz CT molecular complexity index is 1140. The van der Waals surface area contributed by atoms with Crippen molar-refractivity contribution in [1.82, 2.24) is 0 Å². The predicted octanol–water partition coefficient (Wildman–Crippen LogP) is 2.91. The summed E-state index contributed by atoms with van der Waals surface area (Å²) in [6, 6.07) is 0. The highest BCUT2D eigenvalue weighted by atomic mass is 16.7. The van der Waals surface area contributed by atoms with Crippen molar-refractivity contribution >= 4 is 0 Å². The summed E-state index contributed by atoms with van der Waals surface area (Å²) in [7, 11) is 0. The molecule has 6 rings (SSSR count). The van der Waals surface area contributed by atoms with Crippen molar-refractivity contribution < 1.29 is 45.2 Å². The maximum absolute atomic E-state index is 12.1. The second kappa shape index (κ2) is 11.5. The highest BCUT2D eigenvalue weighted by Gasteiger charge is 2.84. The maximum atomic E-state index is 12.1. The molecule has 16 atom stereocenters. The first-order valence-electron chi connectivity index (χ1n) is 17.6. The summed E-state index contributed by atoms with van der Waals surface area (Å²) >= 11 is 0. The number of allylic oxidation sites excluding steroid dienone is 1. The fourth-order valence-electron chi connectivity index (χ4n) is 12.9. The smallest absolute Gasteiger partial charge is 0.186 e. The highest BCUT2D eigenvalue weighted by Crippen LogP contribution is 2.89. The van der Waals surface area contributed by atoms with Gasteiger partial charge in [-0.1, -0.05) is 46.3 Å². The molecule has 6 fully saturated rings. The molecule has 7 N–H and O–H groups in total. The Balaban J connectivity index is 1.23. The first kappa shape index (κ1) is 34.3. The molecule has 0 aromatic carbocycles. The number of ether oxygens (including phenoxy) is 2. The fourth-order valence-corrected chi connectivity index (χ4v) is 12.9. The van der Waals surface area contributed by atoms with Gasteiger partial charge in [-0.2, -0.15) is 0 Å². The van der Waals surface area contributed by atoms with Crippen molar-refractivity contribution in [2.24, 2.45) is 50.7 Å². The van der Waals surface area contributed by atoms with Crippen LogP contribution in [0.3, 0.4) is 0 Å². The second-order valence-electron chi connectivity index (χ2n) is 17.4. The van der Waals surface area contributed by atoms with Gasteiger partial charge in [-0.25, -0.2) is 0 Å². The Morgan fingerprint density at radius 2 is 1.62 bits per heavy atom. The van der Waals surface area contributed by atoms with Crippen LogP contribution in [0.5, 0.6) is 0 Å². The fraction of sp³-hybridized carbons (Fsp3) is 0.944. The summed E-state index contributed by atoms with van der Waals surface area (Å²) in [5.41, 5.74) is 0.579. The van der Waals surface area contributed by atoms with Gasteiger partial charge < -0.3 is 45.2 Å².